The summed E-state index contributed by atoms with van der Waals surface area (Å²) in [6.07, 6.45) is -2.48. The summed E-state index contributed by atoms with van der Waals surface area (Å²) in [6.45, 7) is 7.22. The molecule has 4 heterocycles. The number of methoxy groups -OCH3 is 1. The van der Waals surface area contributed by atoms with Crippen molar-refractivity contribution in [3.63, 3.8) is 0 Å². The third-order valence-corrected chi connectivity index (χ3v) is 8.88. The van der Waals surface area contributed by atoms with Crippen LogP contribution in [-0.2, 0) is 51.9 Å². The summed E-state index contributed by atoms with van der Waals surface area (Å²) in [6, 6.07) is 4.08. The standard InChI is InChI=1S/C30H44N8O11P/c1-20(2)47-29(41)21(3)35-50(42)46-18-30(17-31,43-4)27(49-25(40)16-37-9-13-45-14-10-37)26(48-24(39)15-36-7-11-44-12-8-36)22-5-6-23-28(32)33-19-34-38(22)23/h5-6,19-21,26-27H,7-16,18H2,1-4H3,(H,35,42)(H2,32,33,34)/q+1/t21-,26-,27-,30+/m0/s1. The maximum Gasteiger partial charge on any atom is 0.613 e. The van der Waals surface area contributed by atoms with Gasteiger partial charge in [-0.1, -0.05) is 5.09 Å². The molecule has 50 heavy (non-hydrogen) atoms. The van der Waals surface area contributed by atoms with E-state index in [0.29, 0.717) is 58.1 Å². The van der Waals surface area contributed by atoms with Crippen LogP contribution in [0.4, 0.5) is 5.82 Å². The molecule has 0 saturated carbocycles. The predicted molar refractivity (Wildman–Crippen MR) is 173 cm³/mol. The van der Waals surface area contributed by atoms with Crippen LogP contribution in [0.2, 0.25) is 0 Å². The normalized spacial score (nSPS) is 19.2. The number of nitriles is 1. The van der Waals surface area contributed by atoms with E-state index in [0.717, 1.165) is 0 Å². The minimum atomic E-state index is -2.80. The van der Waals surface area contributed by atoms with E-state index in [1.807, 2.05) is 11.0 Å². The molecule has 0 aliphatic carbocycles. The Kier molecular flexibility index (Phi) is 14.3. The lowest BCUT2D eigenvalue weighted by Gasteiger charge is -2.37. The van der Waals surface area contributed by atoms with Gasteiger partial charge >= 0.3 is 26.1 Å². The third kappa shape index (κ3) is 10.3. The Morgan fingerprint density at radius 2 is 1.62 bits per heavy atom. The number of aromatic nitrogens is 3. The zero-order chi connectivity index (χ0) is 36.3. The number of nitrogens with two attached hydrogens (primary N) is 1. The summed E-state index contributed by atoms with van der Waals surface area (Å²) in [7, 11) is -1.63. The van der Waals surface area contributed by atoms with Gasteiger partial charge in [0.1, 0.15) is 24.0 Å². The van der Waals surface area contributed by atoms with Gasteiger partial charge < -0.3 is 34.2 Å². The summed E-state index contributed by atoms with van der Waals surface area (Å²) in [5, 5.41) is 17.4. The van der Waals surface area contributed by atoms with Crippen molar-refractivity contribution in [1.29, 1.82) is 5.26 Å². The van der Waals surface area contributed by atoms with E-state index in [2.05, 4.69) is 15.2 Å². The molecule has 0 radical (unpaired) electrons. The SMILES string of the molecule is CO[C@](C#N)(CO[P+](=O)N[C@@H](C)C(=O)OC(C)C)[C@@H](OC(=O)CN1CCOCC1)[C@@H](OC(=O)CN1CCOCC1)c1ccc2c(N)ncnn12. The molecule has 5 atom stereocenters. The monoisotopic (exact) mass is 723 g/mol. The highest BCUT2D eigenvalue weighted by molar-refractivity contribution is 7.36. The largest absolute Gasteiger partial charge is 0.613 e. The van der Waals surface area contributed by atoms with Crippen molar-refractivity contribution < 1.29 is 51.9 Å². The zero-order valence-electron chi connectivity index (χ0n) is 28.5. The van der Waals surface area contributed by atoms with Gasteiger partial charge in [-0.2, -0.15) is 10.4 Å². The molecule has 1 unspecified atom stereocenters. The molecule has 0 aromatic carbocycles. The number of nitrogens with one attached hydrogen (secondary N) is 1. The number of nitrogen functional groups attached to an aromatic ring is 1. The average molecular weight is 724 g/mol. The molecule has 2 aliphatic heterocycles. The lowest BCUT2D eigenvalue weighted by atomic mass is 9.92. The van der Waals surface area contributed by atoms with Crippen LogP contribution in [0, 0.1) is 11.3 Å². The van der Waals surface area contributed by atoms with Crippen LogP contribution in [-0.4, -0.2) is 146 Å². The highest BCUT2D eigenvalue weighted by Gasteiger charge is 2.53. The number of anilines is 1. The van der Waals surface area contributed by atoms with Crippen LogP contribution in [0.25, 0.3) is 5.52 Å². The van der Waals surface area contributed by atoms with Gasteiger partial charge in [-0.25, -0.2) is 9.50 Å². The zero-order valence-corrected chi connectivity index (χ0v) is 29.4. The van der Waals surface area contributed by atoms with Crippen molar-refractivity contribution in [2.45, 2.75) is 50.7 Å². The fraction of sp³-hybridized carbons (Fsp3) is 0.667. The number of hydrogen-bond donors (Lipinski definition) is 2. The summed E-state index contributed by atoms with van der Waals surface area (Å²) in [5.41, 5.74) is 4.37. The molecule has 274 valence electrons. The number of carbonyl (C=O) groups is 3. The number of carbonyl (C=O) groups excluding carboxylic acids is 3. The van der Waals surface area contributed by atoms with Gasteiger partial charge in [-0.15, -0.1) is 4.52 Å². The van der Waals surface area contributed by atoms with E-state index in [-0.39, 0.29) is 24.6 Å². The molecular weight excluding hydrogens is 679 g/mol. The first-order valence-electron chi connectivity index (χ1n) is 16.1. The minimum absolute atomic E-state index is 0.111. The van der Waals surface area contributed by atoms with Crippen LogP contribution < -0.4 is 10.8 Å². The third-order valence-electron chi connectivity index (χ3n) is 7.92. The second-order valence-corrected chi connectivity index (χ2v) is 12.9. The van der Waals surface area contributed by atoms with Gasteiger partial charge in [0.2, 0.25) is 5.60 Å². The summed E-state index contributed by atoms with van der Waals surface area (Å²) >= 11 is 0. The molecule has 0 amide bonds. The fourth-order valence-corrected chi connectivity index (χ4v) is 6.05. The number of ether oxygens (including phenoxy) is 6. The van der Waals surface area contributed by atoms with Gasteiger partial charge in [0.25, 0.3) is 0 Å². The van der Waals surface area contributed by atoms with Crippen molar-refractivity contribution in [3.05, 3.63) is 24.2 Å². The molecule has 2 aromatic rings. The highest BCUT2D eigenvalue weighted by Crippen LogP contribution is 2.36. The maximum absolute atomic E-state index is 13.6. The molecular formula is C30H44N8O11P+. The topological polar surface area (TPSA) is 231 Å². The van der Waals surface area contributed by atoms with Crippen molar-refractivity contribution >= 4 is 37.4 Å². The van der Waals surface area contributed by atoms with E-state index in [1.54, 1.807) is 30.9 Å². The first-order chi connectivity index (χ1) is 24.0. The number of fused-ring (bicyclic) bond motifs is 1. The molecule has 20 heteroatoms. The van der Waals surface area contributed by atoms with Crippen molar-refractivity contribution in [1.82, 2.24) is 29.5 Å². The highest BCUT2D eigenvalue weighted by atomic mass is 31.1. The number of esters is 3. The lowest BCUT2D eigenvalue weighted by molar-refractivity contribution is -0.195. The van der Waals surface area contributed by atoms with Crippen LogP contribution in [0.3, 0.4) is 0 Å². The molecule has 2 aromatic heterocycles. The van der Waals surface area contributed by atoms with E-state index in [4.69, 9.17) is 38.7 Å². The van der Waals surface area contributed by atoms with E-state index in [1.165, 1.54) is 24.9 Å². The maximum atomic E-state index is 13.6. The van der Waals surface area contributed by atoms with E-state index >= 15 is 0 Å². The van der Waals surface area contributed by atoms with Crippen molar-refractivity contribution in [3.8, 4) is 6.07 Å². The van der Waals surface area contributed by atoms with Crippen LogP contribution in [0.5, 0.6) is 0 Å². The molecule has 19 nitrogen and oxygen atoms in total. The van der Waals surface area contributed by atoms with Gasteiger partial charge in [0, 0.05) is 33.3 Å². The van der Waals surface area contributed by atoms with E-state index in [9.17, 15) is 24.2 Å². The summed E-state index contributed by atoms with van der Waals surface area (Å²) in [5.74, 6) is -2.04. The molecule has 2 saturated heterocycles. The Bertz CT molecular complexity index is 1530. The molecule has 3 N–H and O–H groups in total. The number of rotatable bonds is 17. The first-order valence-corrected chi connectivity index (χ1v) is 17.2. The van der Waals surface area contributed by atoms with Gasteiger partial charge in [0.05, 0.1) is 51.3 Å². The quantitative estimate of drug-likeness (QED) is 0.124. The molecule has 2 fully saturated rings. The average Bonchev–Trinajstić information content (AvgIpc) is 3.53. The van der Waals surface area contributed by atoms with Crippen molar-refractivity contribution in [2.24, 2.45) is 0 Å². The van der Waals surface area contributed by atoms with Crippen LogP contribution >= 0.6 is 8.18 Å². The smallest absolute Gasteiger partial charge is 0.462 e. The predicted octanol–water partition coefficient (Wildman–Crippen LogP) is -0.0155. The molecule has 0 bridgehead atoms. The minimum Gasteiger partial charge on any atom is -0.462 e. The molecule has 0 spiro atoms. The molecule has 2 aliphatic rings. The Morgan fingerprint density at radius 1 is 1.02 bits per heavy atom. The van der Waals surface area contributed by atoms with Crippen LogP contribution in [0.1, 0.15) is 32.6 Å². The Morgan fingerprint density at radius 3 is 2.18 bits per heavy atom. The Balaban J connectivity index is 1.70. The molecule has 4 rings (SSSR count). The number of nitrogens with zero attached hydrogens (tertiary/aromatic N) is 6. The fourth-order valence-electron chi connectivity index (χ4n) is 5.24. The lowest BCUT2D eigenvalue weighted by Crippen LogP contribution is -2.54. The summed E-state index contributed by atoms with van der Waals surface area (Å²) in [4.78, 5) is 47.1. The number of hydrogen-bond acceptors (Lipinski definition) is 17. The van der Waals surface area contributed by atoms with Crippen LogP contribution in [0.15, 0.2) is 18.5 Å². The second kappa shape index (κ2) is 18.4. The van der Waals surface area contributed by atoms with E-state index < -0.39 is 62.6 Å². The van der Waals surface area contributed by atoms with Gasteiger partial charge in [-0.3, -0.25) is 24.2 Å². The Hall–Kier alpha value is -3.86. The van der Waals surface area contributed by atoms with Crippen molar-refractivity contribution in [2.75, 3.05) is 85.1 Å². The van der Waals surface area contributed by atoms with Gasteiger partial charge in [0.15, 0.2) is 24.6 Å². The Labute approximate surface area is 290 Å². The number of morpholine rings is 2. The first kappa shape index (κ1) is 38.9. The van der Waals surface area contributed by atoms with Gasteiger partial charge in [-0.05, 0) is 37.5 Å². The second-order valence-electron chi connectivity index (χ2n) is 11.9. The summed E-state index contributed by atoms with van der Waals surface area (Å²) < 4.78 is 53.6.